The standard InChI is InChI=1S/C19H28N2O/c1-2-3-4-5-6-9-13-19-14-12-18(22)21(19)15-16-10-7-8-11-17(16)20-19/h7-8,10-11,20H,2-6,9,12-15H2,1H3. The Bertz CT molecular complexity index is 528. The number of amides is 1. The molecular weight excluding hydrogens is 272 g/mol. The molecule has 22 heavy (non-hydrogen) atoms. The van der Waals surface area contributed by atoms with Gasteiger partial charge in [0.1, 0.15) is 5.66 Å². The zero-order valence-corrected chi connectivity index (χ0v) is 13.7. The van der Waals surface area contributed by atoms with E-state index in [0.29, 0.717) is 12.3 Å². The quantitative estimate of drug-likeness (QED) is 0.741. The first kappa shape index (κ1) is 15.4. The lowest BCUT2D eigenvalue weighted by Crippen LogP contribution is -2.54. The van der Waals surface area contributed by atoms with Gasteiger partial charge in [-0.05, 0) is 30.9 Å². The largest absolute Gasteiger partial charge is 0.362 e. The van der Waals surface area contributed by atoms with E-state index in [2.05, 4.69) is 41.4 Å². The topological polar surface area (TPSA) is 32.3 Å². The summed E-state index contributed by atoms with van der Waals surface area (Å²) in [6, 6.07) is 8.42. The summed E-state index contributed by atoms with van der Waals surface area (Å²) in [6.07, 6.45) is 10.5. The van der Waals surface area contributed by atoms with Crippen molar-refractivity contribution in [2.45, 2.75) is 76.9 Å². The number of nitrogens with zero attached hydrogens (tertiary/aromatic N) is 1. The molecule has 1 N–H and O–H groups in total. The van der Waals surface area contributed by atoms with Gasteiger partial charge in [0.2, 0.25) is 5.91 Å². The van der Waals surface area contributed by atoms with Crippen molar-refractivity contribution >= 4 is 11.6 Å². The van der Waals surface area contributed by atoms with Crippen LogP contribution in [0.5, 0.6) is 0 Å². The Balaban J connectivity index is 1.64. The van der Waals surface area contributed by atoms with Crippen molar-refractivity contribution in [1.82, 2.24) is 4.90 Å². The van der Waals surface area contributed by atoms with Crippen LogP contribution in [0.4, 0.5) is 5.69 Å². The van der Waals surface area contributed by atoms with Crippen molar-refractivity contribution < 1.29 is 4.79 Å². The van der Waals surface area contributed by atoms with E-state index in [0.717, 1.165) is 19.4 Å². The van der Waals surface area contributed by atoms with Crippen molar-refractivity contribution in [2.75, 3.05) is 5.32 Å². The molecule has 0 saturated carbocycles. The van der Waals surface area contributed by atoms with E-state index in [1.54, 1.807) is 0 Å². The molecule has 0 spiro atoms. The zero-order valence-electron chi connectivity index (χ0n) is 13.7. The van der Waals surface area contributed by atoms with E-state index < -0.39 is 0 Å². The molecule has 2 heterocycles. The molecule has 2 aliphatic rings. The third-order valence-corrected chi connectivity index (χ3v) is 5.23. The van der Waals surface area contributed by atoms with Crippen LogP contribution < -0.4 is 5.32 Å². The lowest BCUT2D eigenvalue weighted by molar-refractivity contribution is -0.131. The third kappa shape index (κ3) is 2.99. The molecule has 1 unspecified atom stereocenters. The average molecular weight is 300 g/mol. The van der Waals surface area contributed by atoms with E-state index in [9.17, 15) is 4.79 Å². The number of para-hydroxylation sites is 1. The summed E-state index contributed by atoms with van der Waals surface area (Å²) in [6.45, 7) is 3.03. The number of nitrogens with one attached hydrogen (secondary N) is 1. The van der Waals surface area contributed by atoms with Crippen molar-refractivity contribution in [1.29, 1.82) is 0 Å². The van der Waals surface area contributed by atoms with Crippen LogP contribution in [0.25, 0.3) is 0 Å². The normalized spacial score (nSPS) is 23.1. The van der Waals surface area contributed by atoms with Gasteiger partial charge in [-0.2, -0.15) is 0 Å². The second-order valence-electron chi connectivity index (χ2n) is 6.81. The van der Waals surface area contributed by atoms with Gasteiger partial charge >= 0.3 is 0 Å². The lowest BCUT2D eigenvalue weighted by atomic mass is 9.94. The average Bonchev–Trinajstić information content (AvgIpc) is 2.85. The molecule has 0 aliphatic carbocycles. The Labute approximate surface area is 134 Å². The second kappa shape index (κ2) is 6.72. The molecule has 1 amide bonds. The number of unbranched alkanes of at least 4 members (excludes halogenated alkanes) is 5. The minimum Gasteiger partial charge on any atom is -0.362 e. The maximum Gasteiger partial charge on any atom is 0.224 e. The molecular formula is C19H28N2O. The monoisotopic (exact) mass is 300 g/mol. The maximum absolute atomic E-state index is 12.3. The van der Waals surface area contributed by atoms with Gasteiger partial charge in [0.05, 0.1) is 0 Å². The fourth-order valence-electron chi connectivity index (χ4n) is 3.91. The van der Waals surface area contributed by atoms with Gasteiger partial charge in [-0.3, -0.25) is 4.79 Å². The summed E-state index contributed by atoms with van der Waals surface area (Å²) in [4.78, 5) is 14.4. The number of fused-ring (bicyclic) bond motifs is 2. The first-order valence-corrected chi connectivity index (χ1v) is 8.92. The van der Waals surface area contributed by atoms with Gasteiger partial charge in [-0.25, -0.2) is 0 Å². The highest BCUT2D eigenvalue weighted by atomic mass is 16.2. The van der Waals surface area contributed by atoms with E-state index in [1.165, 1.54) is 49.8 Å². The van der Waals surface area contributed by atoms with Crippen LogP contribution in [0, 0.1) is 0 Å². The van der Waals surface area contributed by atoms with E-state index in [4.69, 9.17) is 0 Å². The van der Waals surface area contributed by atoms with Crippen LogP contribution in [0.2, 0.25) is 0 Å². The minimum atomic E-state index is -0.115. The molecule has 1 fully saturated rings. The maximum atomic E-state index is 12.3. The lowest BCUT2D eigenvalue weighted by Gasteiger charge is -2.44. The summed E-state index contributed by atoms with van der Waals surface area (Å²) < 4.78 is 0. The number of hydrogen-bond donors (Lipinski definition) is 1. The number of rotatable bonds is 7. The Morgan fingerprint density at radius 2 is 1.91 bits per heavy atom. The fourth-order valence-corrected chi connectivity index (χ4v) is 3.91. The van der Waals surface area contributed by atoms with Crippen LogP contribution in [-0.4, -0.2) is 16.5 Å². The van der Waals surface area contributed by atoms with Crippen molar-refractivity contribution in [3.8, 4) is 0 Å². The summed E-state index contributed by atoms with van der Waals surface area (Å²) >= 11 is 0. The molecule has 120 valence electrons. The van der Waals surface area contributed by atoms with E-state index in [-0.39, 0.29) is 5.66 Å². The molecule has 1 aromatic carbocycles. The van der Waals surface area contributed by atoms with Crippen molar-refractivity contribution in [2.24, 2.45) is 0 Å². The molecule has 0 aromatic heterocycles. The van der Waals surface area contributed by atoms with Crippen LogP contribution in [0.3, 0.4) is 0 Å². The smallest absolute Gasteiger partial charge is 0.224 e. The number of benzene rings is 1. The number of carbonyl (C=O) groups is 1. The molecule has 1 aromatic rings. The predicted molar refractivity (Wildman–Crippen MR) is 90.6 cm³/mol. The molecule has 1 saturated heterocycles. The number of hydrogen-bond acceptors (Lipinski definition) is 2. The fraction of sp³-hybridized carbons (Fsp3) is 0.632. The molecule has 0 radical (unpaired) electrons. The van der Waals surface area contributed by atoms with E-state index >= 15 is 0 Å². The second-order valence-corrected chi connectivity index (χ2v) is 6.81. The van der Waals surface area contributed by atoms with Gasteiger partial charge in [0.15, 0.2) is 0 Å². The molecule has 0 bridgehead atoms. The number of carbonyl (C=O) groups excluding carboxylic acids is 1. The van der Waals surface area contributed by atoms with Gasteiger partial charge in [0, 0.05) is 18.7 Å². The number of anilines is 1. The SMILES string of the molecule is CCCCCCCCC12CCC(=O)N1Cc1ccccc1N2. The van der Waals surface area contributed by atoms with Gasteiger partial charge in [0.25, 0.3) is 0 Å². The Morgan fingerprint density at radius 3 is 2.77 bits per heavy atom. The first-order chi connectivity index (χ1) is 10.7. The molecule has 2 aliphatic heterocycles. The van der Waals surface area contributed by atoms with Gasteiger partial charge < -0.3 is 10.2 Å². The van der Waals surface area contributed by atoms with Gasteiger partial charge in [-0.1, -0.05) is 57.2 Å². The molecule has 3 nitrogen and oxygen atoms in total. The van der Waals surface area contributed by atoms with Crippen LogP contribution in [0.15, 0.2) is 24.3 Å². The summed E-state index contributed by atoms with van der Waals surface area (Å²) in [7, 11) is 0. The van der Waals surface area contributed by atoms with Crippen molar-refractivity contribution in [3.63, 3.8) is 0 Å². The molecule has 3 heteroatoms. The van der Waals surface area contributed by atoms with E-state index in [1.807, 2.05) is 0 Å². The summed E-state index contributed by atoms with van der Waals surface area (Å²) in [5.41, 5.74) is 2.35. The molecule has 1 atom stereocenters. The Kier molecular flexibility index (Phi) is 4.70. The van der Waals surface area contributed by atoms with Crippen LogP contribution in [0.1, 0.15) is 70.3 Å². The Hall–Kier alpha value is -1.51. The highest BCUT2D eigenvalue weighted by molar-refractivity contribution is 5.81. The van der Waals surface area contributed by atoms with Crippen LogP contribution in [-0.2, 0) is 11.3 Å². The summed E-state index contributed by atoms with van der Waals surface area (Å²) in [5.74, 6) is 0.313. The van der Waals surface area contributed by atoms with Crippen molar-refractivity contribution in [3.05, 3.63) is 29.8 Å². The highest BCUT2D eigenvalue weighted by Gasteiger charge is 2.47. The summed E-state index contributed by atoms with van der Waals surface area (Å²) in [5, 5.41) is 3.71. The zero-order chi connectivity index (χ0) is 15.4. The predicted octanol–water partition coefficient (Wildman–Crippen LogP) is 4.68. The minimum absolute atomic E-state index is 0.115. The third-order valence-electron chi connectivity index (χ3n) is 5.23. The highest BCUT2D eigenvalue weighted by Crippen LogP contribution is 2.41. The van der Waals surface area contributed by atoms with Crippen LogP contribution >= 0.6 is 0 Å². The van der Waals surface area contributed by atoms with Gasteiger partial charge in [-0.15, -0.1) is 0 Å². The first-order valence-electron chi connectivity index (χ1n) is 8.92. The molecule has 3 rings (SSSR count). The Morgan fingerprint density at radius 1 is 1.14 bits per heavy atom.